The maximum atomic E-state index is 6.98. The SMILES string of the molecule is Clc1cc(Cl)c([C](c2ccc(-c3ccc4c(c3)c3ccccc3n4-c3ccccc3)nc2Cl)c2c(Cl)cc(Cl)cc2Cl)c(Cl)c1. The highest BCUT2D eigenvalue weighted by Crippen LogP contribution is 2.47. The monoisotopic (exact) mass is 723 g/mol. The van der Waals surface area contributed by atoms with Gasteiger partial charge in [-0.25, -0.2) is 4.98 Å². The number of pyridine rings is 1. The fraction of sp³-hybridized carbons (Fsp3) is 0. The molecule has 9 heteroatoms. The number of benzene rings is 5. The molecule has 0 N–H and O–H groups in total. The van der Waals surface area contributed by atoms with E-state index in [1.54, 1.807) is 24.3 Å². The van der Waals surface area contributed by atoms with Crippen LogP contribution in [0.1, 0.15) is 16.7 Å². The third kappa shape index (κ3) is 5.58. The Bertz CT molecular complexity index is 2160. The molecule has 221 valence electrons. The summed E-state index contributed by atoms with van der Waals surface area (Å²) >= 11 is 46.4. The normalized spacial score (nSPS) is 11.6. The van der Waals surface area contributed by atoms with Crippen LogP contribution >= 0.6 is 81.2 Å². The Balaban J connectivity index is 1.40. The van der Waals surface area contributed by atoms with Gasteiger partial charge in [0.25, 0.3) is 0 Å². The molecule has 0 fully saturated rings. The lowest BCUT2D eigenvalue weighted by Crippen LogP contribution is -2.10. The summed E-state index contributed by atoms with van der Waals surface area (Å²) in [6.45, 7) is 0. The molecule has 45 heavy (non-hydrogen) atoms. The fourth-order valence-corrected chi connectivity index (χ4v) is 7.99. The summed E-state index contributed by atoms with van der Waals surface area (Å²) in [7, 11) is 0. The van der Waals surface area contributed by atoms with Crippen LogP contribution in [0.5, 0.6) is 0 Å². The quantitative estimate of drug-likeness (QED) is 0.162. The van der Waals surface area contributed by atoms with E-state index < -0.39 is 0 Å². The van der Waals surface area contributed by atoms with E-state index in [2.05, 4.69) is 41.0 Å². The smallest absolute Gasteiger partial charge is 0.134 e. The topological polar surface area (TPSA) is 17.8 Å². The fourth-order valence-electron chi connectivity index (χ4n) is 5.73. The first-order chi connectivity index (χ1) is 21.7. The molecule has 7 aromatic rings. The van der Waals surface area contributed by atoms with Gasteiger partial charge in [0.15, 0.2) is 0 Å². The largest absolute Gasteiger partial charge is 0.309 e. The molecule has 0 amide bonds. The number of aromatic nitrogens is 2. The number of hydrogen-bond donors (Lipinski definition) is 0. The van der Waals surface area contributed by atoms with Crippen LogP contribution in [-0.4, -0.2) is 9.55 Å². The zero-order valence-corrected chi connectivity index (χ0v) is 28.2. The Labute approximate surface area is 294 Å². The maximum absolute atomic E-state index is 6.98. The summed E-state index contributed by atoms with van der Waals surface area (Å²) in [5.41, 5.74) is 6.32. The summed E-state index contributed by atoms with van der Waals surface area (Å²) in [4.78, 5) is 4.83. The van der Waals surface area contributed by atoms with Crippen LogP contribution < -0.4 is 0 Å². The molecule has 0 saturated carbocycles. The second kappa shape index (κ2) is 12.4. The number of nitrogens with zero attached hydrogens (tertiary/aromatic N) is 2. The van der Waals surface area contributed by atoms with E-state index in [-0.39, 0.29) is 5.15 Å². The minimum absolute atomic E-state index is 0.207. The van der Waals surface area contributed by atoms with Gasteiger partial charge in [-0.1, -0.05) is 130 Å². The molecular formula is C36H18Cl7N2. The van der Waals surface area contributed by atoms with Gasteiger partial charge in [0.1, 0.15) is 5.15 Å². The van der Waals surface area contributed by atoms with Crippen LogP contribution in [0.15, 0.2) is 109 Å². The maximum Gasteiger partial charge on any atom is 0.134 e. The molecule has 0 saturated heterocycles. The number of fused-ring (bicyclic) bond motifs is 3. The zero-order valence-electron chi connectivity index (χ0n) is 22.9. The predicted octanol–water partition coefficient (Wildman–Crippen LogP) is 13.4. The molecule has 2 heterocycles. The summed E-state index contributed by atoms with van der Waals surface area (Å²) < 4.78 is 2.26. The first-order valence-corrected chi connectivity index (χ1v) is 16.3. The van der Waals surface area contributed by atoms with Crippen molar-refractivity contribution >= 4 is 103 Å². The lowest BCUT2D eigenvalue weighted by molar-refractivity contribution is 1.18. The molecule has 1 radical (unpaired) electrons. The minimum atomic E-state index is 0.207. The van der Waals surface area contributed by atoms with Gasteiger partial charge in [0.05, 0.1) is 22.6 Å². The molecule has 2 aromatic heterocycles. The Hall–Kier alpha value is -2.92. The van der Waals surface area contributed by atoms with Crippen molar-refractivity contribution in [3.63, 3.8) is 0 Å². The standard InChI is InChI=1S/C36H18Cl7N2/c37-20-15-26(39)34(27(40)16-20)33(35-28(41)17-21(38)18-29(35)42)24-11-12-30(44-36(24)43)19-10-13-32-25(14-19)23-8-4-5-9-31(23)45(32)22-6-2-1-3-7-22/h1-18H. The van der Waals surface area contributed by atoms with E-state index in [4.69, 9.17) is 86.2 Å². The zero-order chi connectivity index (χ0) is 31.4. The number of hydrogen-bond acceptors (Lipinski definition) is 1. The molecule has 2 nitrogen and oxygen atoms in total. The number of para-hydroxylation sites is 2. The second-order valence-corrected chi connectivity index (χ2v) is 13.2. The van der Waals surface area contributed by atoms with Gasteiger partial charge in [0.2, 0.25) is 0 Å². The van der Waals surface area contributed by atoms with E-state index in [0.717, 1.165) is 33.1 Å². The lowest BCUT2D eigenvalue weighted by atomic mass is 9.85. The Morgan fingerprint density at radius 2 is 1.07 bits per heavy atom. The van der Waals surface area contributed by atoms with Crippen molar-refractivity contribution in [3.05, 3.63) is 167 Å². The minimum Gasteiger partial charge on any atom is -0.309 e. The van der Waals surface area contributed by atoms with Gasteiger partial charge >= 0.3 is 0 Å². The van der Waals surface area contributed by atoms with Gasteiger partial charge in [-0.15, -0.1) is 0 Å². The average Bonchev–Trinajstić information content (AvgIpc) is 3.33. The van der Waals surface area contributed by atoms with E-state index in [1.165, 1.54) is 0 Å². The first kappa shape index (κ1) is 30.7. The van der Waals surface area contributed by atoms with Crippen LogP contribution in [0.4, 0.5) is 0 Å². The Kier molecular flexibility index (Phi) is 8.43. The molecule has 5 aromatic carbocycles. The molecule has 0 unspecified atom stereocenters. The number of halogens is 7. The van der Waals surface area contributed by atoms with Crippen molar-refractivity contribution in [2.75, 3.05) is 0 Å². The third-order valence-corrected chi connectivity index (χ3v) is 9.53. The highest BCUT2D eigenvalue weighted by Gasteiger charge is 2.30. The summed E-state index contributed by atoms with van der Waals surface area (Å²) in [6.07, 6.45) is 0. The van der Waals surface area contributed by atoms with Crippen molar-refractivity contribution < 1.29 is 0 Å². The predicted molar refractivity (Wildman–Crippen MR) is 193 cm³/mol. The molecule has 7 rings (SSSR count). The summed E-state index contributed by atoms with van der Waals surface area (Å²) in [5.74, 6) is 0.499. The van der Waals surface area contributed by atoms with E-state index in [0.29, 0.717) is 58.4 Å². The van der Waals surface area contributed by atoms with Crippen LogP contribution in [0.3, 0.4) is 0 Å². The van der Waals surface area contributed by atoms with Crippen LogP contribution in [-0.2, 0) is 0 Å². The third-order valence-electron chi connectivity index (χ3n) is 7.61. The molecule has 0 spiro atoms. The van der Waals surface area contributed by atoms with Crippen molar-refractivity contribution in [2.24, 2.45) is 0 Å². The van der Waals surface area contributed by atoms with Gasteiger partial charge < -0.3 is 4.57 Å². The van der Waals surface area contributed by atoms with Crippen molar-refractivity contribution in [3.8, 4) is 16.9 Å². The molecule has 0 aliphatic rings. The highest BCUT2D eigenvalue weighted by molar-refractivity contribution is 6.42. The van der Waals surface area contributed by atoms with Crippen molar-refractivity contribution in [1.82, 2.24) is 9.55 Å². The molecular weight excluding hydrogens is 709 g/mol. The van der Waals surface area contributed by atoms with Gasteiger partial charge in [-0.2, -0.15) is 0 Å². The average molecular weight is 727 g/mol. The number of rotatable bonds is 5. The summed E-state index contributed by atoms with van der Waals surface area (Å²) in [5, 5.41) is 4.38. The van der Waals surface area contributed by atoms with Crippen molar-refractivity contribution in [2.45, 2.75) is 0 Å². The Morgan fingerprint density at radius 3 is 1.67 bits per heavy atom. The van der Waals surface area contributed by atoms with Crippen LogP contribution in [0.25, 0.3) is 38.8 Å². The molecule has 0 aliphatic heterocycles. The summed E-state index contributed by atoms with van der Waals surface area (Å²) in [6, 6.07) is 35.1. The van der Waals surface area contributed by atoms with E-state index in [1.807, 2.05) is 48.5 Å². The molecule has 0 aliphatic carbocycles. The molecule has 0 bridgehead atoms. The van der Waals surface area contributed by atoms with Gasteiger partial charge in [0, 0.05) is 68.8 Å². The lowest BCUT2D eigenvalue weighted by Gasteiger charge is -2.24. The van der Waals surface area contributed by atoms with Crippen LogP contribution in [0.2, 0.25) is 35.3 Å². The van der Waals surface area contributed by atoms with Crippen molar-refractivity contribution in [1.29, 1.82) is 0 Å². The highest BCUT2D eigenvalue weighted by atomic mass is 35.5. The first-order valence-electron chi connectivity index (χ1n) is 13.6. The Morgan fingerprint density at radius 1 is 0.511 bits per heavy atom. The van der Waals surface area contributed by atoms with Gasteiger partial charge in [-0.3, -0.25) is 0 Å². The second-order valence-electron chi connectivity index (χ2n) is 10.3. The van der Waals surface area contributed by atoms with E-state index >= 15 is 0 Å². The van der Waals surface area contributed by atoms with Gasteiger partial charge in [-0.05, 0) is 60.7 Å². The van der Waals surface area contributed by atoms with Crippen LogP contribution in [0, 0.1) is 5.92 Å². The molecule has 0 atom stereocenters. The van der Waals surface area contributed by atoms with E-state index in [9.17, 15) is 0 Å².